The van der Waals surface area contributed by atoms with Gasteiger partial charge in [0.15, 0.2) is 0 Å². The zero-order chi connectivity index (χ0) is 15.4. The monoisotopic (exact) mass is 353 g/mol. The molecule has 1 saturated carbocycles. The van der Waals surface area contributed by atoms with E-state index in [0.29, 0.717) is 12.1 Å². The molecule has 1 aliphatic carbocycles. The zero-order valence-electron chi connectivity index (χ0n) is 13.7. The highest BCUT2D eigenvalue weighted by Gasteiger charge is 2.28. The lowest BCUT2D eigenvalue weighted by Crippen LogP contribution is -2.42. The van der Waals surface area contributed by atoms with Crippen LogP contribution in [-0.4, -0.2) is 13.2 Å². The molecule has 0 saturated heterocycles. The first-order chi connectivity index (χ1) is 10.0. The lowest BCUT2D eigenvalue weighted by molar-refractivity contribution is 0.195. The highest BCUT2D eigenvalue weighted by atomic mass is 79.9. The van der Waals surface area contributed by atoms with Gasteiger partial charge in [-0.3, -0.25) is 0 Å². The maximum absolute atomic E-state index is 5.31. The number of hydrogen-bond donors (Lipinski definition) is 1. The van der Waals surface area contributed by atoms with E-state index in [1.165, 1.54) is 31.2 Å². The fourth-order valence-electron chi connectivity index (χ4n) is 3.53. The highest BCUT2D eigenvalue weighted by molar-refractivity contribution is 9.10. The molecule has 0 bridgehead atoms. The summed E-state index contributed by atoms with van der Waals surface area (Å²) < 4.78 is 6.34. The predicted octanol–water partition coefficient (Wildman–Crippen LogP) is 5.32. The van der Waals surface area contributed by atoms with Crippen molar-refractivity contribution in [2.24, 2.45) is 11.8 Å². The molecule has 0 aromatic heterocycles. The van der Waals surface area contributed by atoms with Crippen molar-refractivity contribution in [3.05, 3.63) is 28.2 Å². The smallest absolute Gasteiger partial charge is 0.133 e. The Kier molecular flexibility index (Phi) is 6.12. The number of methoxy groups -OCH3 is 1. The number of ether oxygens (including phenoxy) is 1. The largest absolute Gasteiger partial charge is 0.496 e. The van der Waals surface area contributed by atoms with Crippen LogP contribution in [0.2, 0.25) is 0 Å². The van der Waals surface area contributed by atoms with Crippen LogP contribution in [0, 0.1) is 11.8 Å². The summed E-state index contributed by atoms with van der Waals surface area (Å²) in [5.41, 5.74) is 1.32. The van der Waals surface area contributed by atoms with Crippen LogP contribution in [0.15, 0.2) is 22.7 Å². The van der Waals surface area contributed by atoms with Crippen LogP contribution in [-0.2, 0) is 0 Å². The Morgan fingerprint density at radius 1 is 1.19 bits per heavy atom. The molecule has 0 spiro atoms. The first-order valence-corrected chi connectivity index (χ1v) is 8.91. The molecule has 3 unspecified atom stereocenters. The van der Waals surface area contributed by atoms with Gasteiger partial charge in [0.25, 0.3) is 0 Å². The van der Waals surface area contributed by atoms with Crippen molar-refractivity contribution in [2.45, 2.75) is 58.5 Å². The van der Waals surface area contributed by atoms with Crippen LogP contribution in [0.1, 0.15) is 58.1 Å². The Balaban J connectivity index is 2.05. The first-order valence-electron chi connectivity index (χ1n) is 8.12. The van der Waals surface area contributed by atoms with Gasteiger partial charge in [0, 0.05) is 12.1 Å². The van der Waals surface area contributed by atoms with Crippen molar-refractivity contribution in [2.75, 3.05) is 7.11 Å². The summed E-state index contributed by atoms with van der Waals surface area (Å²) in [5, 5.41) is 3.87. The average Bonchev–Trinajstić information content (AvgIpc) is 2.47. The quantitative estimate of drug-likeness (QED) is 0.772. The molecule has 1 fully saturated rings. The molecule has 0 radical (unpaired) electrons. The molecule has 3 heteroatoms. The summed E-state index contributed by atoms with van der Waals surface area (Å²) >= 11 is 3.58. The van der Waals surface area contributed by atoms with Gasteiger partial charge < -0.3 is 10.1 Å². The van der Waals surface area contributed by atoms with Gasteiger partial charge in [-0.15, -0.1) is 0 Å². The topological polar surface area (TPSA) is 21.3 Å². The van der Waals surface area contributed by atoms with Gasteiger partial charge in [0.2, 0.25) is 0 Å². The Labute approximate surface area is 137 Å². The number of benzene rings is 1. The molecule has 2 nitrogen and oxygen atoms in total. The standard InChI is InChI=1S/C18H28BrNO/c1-12(2)15-7-5-6-8-17(15)20-13(3)14-9-10-18(21-4)16(19)11-14/h9-13,15,17,20H,5-8H2,1-4H3. The molecule has 1 aliphatic rings. The lowest BCUT2D eigenvalue weighted by atomic mass is 9.77. The zero-order valence-corrected chi connectivity index (χ0v) is 15.2. The van der Waals surface area contributed by atoms with E-state index in [0.717, 1.165) is 22.1 Å². The maximum atomic E-state index is 5.31. The second kappa shape index (κ2) is 7.64. The number of hydrogen-bond acceptors (Lipinski definition) is 2. The fourth-order valence-corrected chi connectivity index (χ4v) is 4.09. The lowest BCUT2D eigenvalue weighted by Gasteiger charge is -2.37. The Morgan fingerprint density at radius 3 is 2.52 bits per heavy atom. The minimum absolute atomic E-state index is 0.372. The number of halogens is 1. The molecule has 3 atom stereocenters. The van der Waals surface area contributed by atoms with E-state index in [1.807, 2.05) is 6.07 Å². The predicted molar refractivity (Wildman–Crippen MR) is 92.8 cm³/mol. The van der Waals surface area contributed by atoms with Crippen molar-refractivity contribution < 1.29 is 4.74 Å². The van der Waals surface area contributed by atoms with Gasteiger partial charge in [0.1, 0.15) is 5.75 Å². The van der Waals surface area contributed by atoms with E-state index in [4.69, 9.17) is 4.74 Å². The van der Waals surface area contributed by atoms with E-state index >= 15 is 0 Å². The second-order valence-electron chi connectivity index (χ2n) is 6.58. The Bertz CT molecular complexity index is 461. The number of nitrogens with one attached hydrogen (secondary N) is 1. The minimum atomic E-state index is 0.372. The third kappa shape index (κ3) is 4.23. The minimum Gasteiger partial charge on any atom is -0.496 e. The average molecular weight is 354 g/mol. The van der Waals surface area contributed by atoms with E-state index in [1.54, 1.807) is 7.11 Å². The molecule has 0 amide bonds. The van der Waals surface area contributed by atoms with Crippen LogP contribution in [0.3, 0.4) is 0 Å². The molecule has 1 aromatic rings. The number of rotatable bonds is 5. The van der Waals surface area contributed by atoms with Gasteiger partial charge in [-0.1, -0.05) is 32.8 Å². The van der Waals surface area contributed by atoms with Crippen LogP contribution in [0.4, 0.5) is 0 Å². The van der Waals surface area contributed by atoms with E-state index in [9.17, 15) is 0 Å². The molecule has 0 heterocycles. The van der Waals surface area contributed by atoms with Crippen molar-refractivity contribution in [3.63, 3.8) is 0 Å². The molecule has 118 valence electrons. The molecule has 2 rings (SSSR count). The maximum Gasteiger partial charge on any atom is 0.133 e. The second-order valence-corrected chi connectivity index (χ2v) is 7.44. The summed E-state index contributed by atoms with van der Waals surface area (Å²) in [6, 6.07) is 7.39. The Morgan fingerprint density at radius 2 is 1.90 bits per heavy atom. The summed E-state index contributed by atoms with van der Waals surface area (Å²) in [4.78, 5) is 0. The third-order valence-corrected chi connectivity index (χ3v) is 5.44. The summed E-state index contributed by atoms with van der Waals surface area (Å²) in [6.07, 6.45) is 5.43. The van der Waals surface area contributed by atoms with Gasteiger partial charge in [0.05, 0.1) is 11.6 Å². The van der Waals surface area contributed by atoms with Gasteiger partial charge in [-0.05, 0) is 65.2 Å². The summed E-state index contributed by atoms with van der Waals surface area (Å²) in [5.74, 6) is 2.46. The van der Waals surface area contributed by atoms with Crippen LogP contribution >= 0.6 is 15.9 Å². The van der Waals surface area contributed by atoms with Crippen molar-refractivity contribution in [3.8, 4) is 5.75 Å². The first kappa shape index (κ1) is 16.8. The van der Waals surface area contributed by atoms with E-state index in [-0.39, 0.29) is 0 Å². The van der Waals surface area contributed by atoms with Gasteiger partial charge >= 0.3 is 0 Å². The normalized spacial score (nSPS) is 24.1. The highest BCUT2D eigenvalue weighted by Crippen LogP contribution is 2.33. The van der Waals surface area contributed by atoms with Crippen molar-refractivity contribution in [1.29, 1.82) is 0 Å². The Hall–Kier alpha value is -0.540. The molecule has 21 heavy (non-hydrogen) atoms. The van der Waals surface area contributed by atoms with Crippen molar-refractivity contribution in [1.82, 2.24) is 5.32 Å². The van der Waals surface area contributed by atoms with Gasteiger partial charge in [-0.2, -0.15) is 0 Å². The molecule has 0 aliphatic heterocycles. The summed E-state index contributed by atoms with van der Waals surface area (Å²) in [7, 11) is 1.71. The molecule has 1 N–H and O–H groups in total. The molecule has 1 aromatic carbocycles. The van der Waals surface area contributed by atoms with E-state index in [2.05, 4.69) is 54.2 Å². The summed E-state index contributed by atoms with van der Waals surface area (Å²) in [6.45, 7) is 6.98. The van der Waals surface area contributed by atoms with Crippen molar-refractivity contribution >= 4 is 15.9 Å². The molecular weight excluding hydrogens is 326 g/mol. The molecular formula is C18H28BrNO. The van der Waals surface area contributed by atoms with E-state index < -0.39 is 0 Å². The van der Waals surface area contributed by atoms with Crippen LogP contribution in [0.5, 0.6) is 5.75 Å². The van der Waals surface area contributed by atoms with Crippen LogP contribution in [0.25, 0.3) is 0 Å². The SMILES string of the molecule is COc1ccc(C(C)NC2CCCCC2C(C)C)cc1Br. The fraction of sp³-hybridized carbons (Fsp3) is 0.667. The third-order valence-electron chi connectivity index (χ3n) is 4.82. The van der Waals surface area contributed by atoms with Crippen LogP contribution < -0.4 is 10.1 Å². The van der Waals surface area contributed by atoms with Gasteiger partial charge in [-0.25, -0.2) is 0 Å².